The Hall–Kier alpha value is -2.13. The second kappa shape index (κ2) is 5.70. The smallest absolute Gasteiger partial charge is 0.255 e. The van der Waals surface area contributed by atoms with Crippen molar-refractivity contribution in [3.8, 4) is 0 Å². The second-order valence-electron chi connectivity index (χ2n) is 4.98. The topological polar surface area (TPSA) is 29.1 Å². The summed E-state index contributed by atoms with van der Waals surface area (Å²) in [5.41, 5.74) is 2.52. The molecule has 1 N–H and O–H groups in total. The Morgan fingerprint density at radius 1 is 0.952 bits per heavy atom. The molecule has 21 heavy (non-hydrogen) atoms. The van der Waals surface area contributed by atoms with Crippen LogP contribution in [0.4, 0.5) is 5.69 Å². The molecular formula is C18H14BrNO. The van der Waals surface area contributed by atoms with Gasteiger partial charge in [0.2, 0.25) is 0 Å². The first-order valence-corrected chi connectivity index (χ1v) is 7.49. The van der Waals surface area contributed by atoms with Gasteiger partial charge in [0.15, 0.2) is 0 Å². The van der Waals surface area contributed by atoms with E-state index in [0.717, 1.165) is 26.5 Å². The lowest BCUT2D eigenvalue weighted by Gasteiger charge is -2.09. The van der Waals surface area contributed by atoms with Gasteiger partial charge in [0.05, 0.1) is 0 Å². The summed E-state index contributed by atoms with van der Waals surface area (Å²) in [6.45, 7) is 1.97. The number of hydrogen-bond donors (Lipinski definition) is 1. The largest absolute Gasteiger partial charge is 0.322 e. The molecule has 0 saturated heterocycles. The van der Waals surface area contributed by atoms with Crippen molar-refractivity contribution in [1.82, 2.24) is 0 Å². The Morgan fingerprint density at radius 2 is 1.71 bits per heavy atom. The van der Waals surface area contributed by atoms with E-state index < -0.39 is 0 Å². The lowest BCUT2D eigenvalue weighted by atomic mass is 10.1. The molecule has 0 unspecified atom stereocenters. The summed E-state index contributed by atoms with van der Waals surface area (Å²) < 4.78 is 0.946. The van der Waals surface area contributed by atoms with Gasteiger partial charge < -0.3 is 5.32 Å². The molecule has 0 spiro atoms. The summed E-state index contributed by atoms with van der Waals surface area (Å²) in [7, 11) is 0. The van der Waals surface area contributed by atoms with Gasteiger partial charge in [-0.2, -0.15) is 0 Å². The zero-order valence-corrected chi connectivity index (χ0v) is 13.1. The molecule has 1 amide bonds. The first kappa shape index (κ1) is 13.8. The average molecular weight is 340 g/mol. The number of nitrogens with one attached hydrogen (secondary N) is 1. The van der Waals surface area contributed by atoms with Crippen molar-refractivity contribution in [2.24, 2.45) is 0 Å². The molecule has 104 valence electrons. The van der Waals surface area contributed by atoms with Gasteiger partial charge in [-0.25, -0.2) is 0 Å². The normalized spacial score (nSPS) is 10.6. The Bertz CT molecular complexity index is 826. The third-order valence-electron chi connectivity index (χ3n) is 3.46. The van der Waals surface area contributed by atoms with Gasteiger partial charge in [-0.05, 0) is 47.5 Å². The standard InChI is InChI=1S/C18H14BrNO/c1-12-6-9-16(19)11-17(12)20-18(21)15-8-7-13-4-2-3-5-14(13)10-15/h2-11H,1H3,(H,20,21). The Balaban J connectivity index is 1.91. The van der Waals surface area contributed by atoms with Crippen molar-refractivity contribution < 1.29 is 4.79 Å². The van der Waals surface area contributed by atoms with Crippen LogP contribution >= 0.6 is 15.9 Å². The summed E-state index contributed by atoms with van der Waals surface area (Å²) in [4.78, 5) is 12.4. The highest BCUT2D eigenvalue weighted by atomic mass is 79.9. The molecule has 0 aromatic heterocycles. The van der Waals surface area contributed by atoms with Gasteiger partial charge >= 0.3 is 0 Å². The predicted molar refractivity (Wildman–Crippen MR) is 90.8 cm³/mol. The third-order valence-corrected chi connectivity index (χ3v) is 3.95. The number of halogens is 1. The average Bonchev–Trinajstić information content (AvgIpc) is 2.50. The molecule has 0 atom stereocenters. The molecule has 3 rings (SSSR count). The maximum absolute atomic E-state index is 12.4. The number of anilines is 1. The molecule has 0 heterocycles. The fourth-order valence-corrected chi connectivity index (χ4v) is 2.62. The fourth-order valence-electron chi connectivity index (χ4n) is 2.25. The van der Waals surface area contributed by atoms with Crippen LogP contribution in [0.5, 0.6) is 0 Å². The minimum absolute atomic E-state index is 0.0954. The van der Waals surface area contributed by atoms with E-state index in [9.17, 15) is 4.79 Å². The first-order valence-electron chi connectivity index (χ1n) is 6.70. The molecule has 0 aliphatic rings. The molecule has 3 heteroatoms. The van der Waals surface area contributed by atoms with E-state index in [2.05, 4.69) is 21.2 Å². The van der Waals surface area contributed by atoms with Crippen molar-refractivity contribution in [3.05, 3.63) is 76.3 Å². The SMILES string of the molecule is Cc1ccc(Br)cc1NC(=O)c1ccc2ccccc2c1. The number of hydrogen-bond acceptors (Lipinski definition) is 1. The maximum Gasteiger partial charge on any atom is 0.255 e. The number of carbonyl (C=O) groups is 1. The quantitative estimate of drug-likeness (QED) is 0.686. The zero-order chi connectivity index (χ0) is 14.8. The van der Waals surface area contributed by atoms with E-state index in [-0.39, 0.29) is 5.91 Å². The van der Waals surface area contributed by atoms with E-state index in [4.69, 9.17) is 0 Å². The number of amides is 1. The molecule has 0 bridgehead atoms. The summed E-state index contributed by atoms with van der Waals surface area (Å²) in [5.74, 6) is -0.0954. The Kier molecular flexibility index (Phi) is 3.76. The van der Waals surface area contributed by atoms with Crippen molar-refractivity contribution in [2.75, 3.05) is 5.32 Å². The van der Waals surface area contributed by atoms with Crippen molar-refractivity contribution in [2.45, 2.75) is 6.92 Å². The summed E-state index contributed by atoms with van der Waals surface area (Å²) >= 11 is 3.42. The number of aryl methyl sites for hydroxylation is 1. The van der Waals surface area contributed by atoms with E-state index in [0.29, 0.717) is 5.56 Å². The van der Waals surface area contributed by atoms with Crippen LogP contribution in [-0.4, -0.2) is 5.91 Å². The summed E-state index contributed by atoms with van der Waals surface area (Å²) in [5, 5.41) is 5.16. The van der Waals surface area contributed by atoms with Gasteiger partial charge in [0.25, 0.3) is 5.91 Å². The van der Waals surface area contributed by atoms with Crippen LogP contribution in [0, 0.1) is 6.92 Å². The molecule has 3 aromatic rings. The van der Waals surface area contributed by atoms with Gasteiger partial charge in [-0.3, -0.25) is 4.79 Å². The Labute approximate surface area is 131 Å². The van der Waals surface area contributed by atoms with Crippen LogP contribution in [0.1, 0.15) is 15.9 Å². The molecule has 3 aromatic carbocycles. The fraction of sp³-hybridized carbons (Fsp3) is 0.0556. The molecule has 0 radical (unpaired) electrons. The lowest BCUT2D eigenvalue weighted by Crippen LogP contribution is -2.12. The summed E-state index contributed by atoms with van der Waals surface area (Å²) in [6.07, 6.45) is 0. The Morgan fingerprint density at radius 3 is 2.52 bits per heavy atom. The van der Waals surface area contributed by atoms with Crippen LogP contribution < -0.4 is 5.32 Å². The van der Waals surface area contributed by atoms with Crippen molar-refractivity contribution >= 4 is 38.3 Å². The highest BCUT2D eigenvalue weighted by molar-refractivity contribution is 9.10. The van der Waals surface area contributed by atoms with Gasteiger partial charge in [0.1, 0.15) is 0 Å². The predicted octanol–water partition coefficient (Wildman–Crippen LogP) is 5.16. The lowest BCUT2D eigenvalue weighted by molar-refractivity contribution is 0.102. The zero-order valence-electron chi connectivity index (χ0n) is 11.6. The maximum atomic E-state index is 12.4. The monoisotopic (exact) mass is 339 g/mol. The molecule has 0 aliphatic heterocycles. The number of fused-ring (bicyclic) bond motifs is 1. The van der Waals surface area contributed by atoms with Crippen molar-refractivity contribution in [1.29, 1.82) is 0 Å². The van der Waals surface area contributed by atoms with Crippen LogP contribution in [0.2, 0.25) is 0 Å². The van der Waals surface area contributed by atoms with Gasteiger partial charge in [-0.15, -0.1) is 0 Å². The molecule has 0 saturated carbocycles. The second-order valence-corrected chi connectivity index (χ2v) is 5.89. The number of rotatable bonds is 2. The minimum Gasteiger partial charge on any atom is -0.322 e. The molecule has 0 fully saturated rings. The van der Waals surface area contributed by atoms with Crippen molar-refractivity contribution in [3.63, 3.8) is 0 Å². The van der Waals surface area contributed by atoms with E-state index in [1.54, 1.807) is 0 Å². The molecule has 0 aliphatic carbocycles. The third kappa shape index (κ3) is 2.98. The van der Waals surface area contributed by atoms with Gasteiger partial charge in [-0.1, -0.05) is 52.3 Å². The minimum atomic E-state index is -0.0954. The van der Waals surface area contributed by atoms with E-state index in [1.165, 1.54) is 0 Å². The first-order chi connectivity index (χ1) is 10.1. The number of benzene rings is 3. The van der Waals surface area contributed by atoms with Gasteiger partial charge in [0, 0.05) is 15.7 Å². The highest BCUT2D eigenvalue weighted by Crippen LogP contribution is 2.22. The summed E-state index contributed by atoms with van der Waals surface area (Å²) in [6, 6.07) is 19.6. The highest BCUT2D eigenvalue weighted by Gasteiger charge is 2.08. The molecular weight excluding hydrogens is 326 g/mol. The molecule has 2 nitrogen and oxygen atoms in total. The van der Waals surface area contributed by atoms with E-state index in [1.807, 2.05) is 67.6 Å². The van der Waals surface area contributed by atoms with E-state index >= 15 is 0 Å². The van der Waals surface area contributed by atoms with Crippen LogP contribution in [0.25, 0.3) is 10.8 Å². The number of carbonyl (C=O) groups excluding carboxylic acids is 1. The van der Waals surface area contributed by atoms with Crippen LogP contribution in [0.3, 0.4) is 0 Å². The van der Waals surface area contributed by atoms with Crippen LogP contribution in [0.15, 0.2) is 65.1 Å². The van der Waals surface area contributed by atoms with Crippen LogP contribution in [-0.2, 0) is 0 Å².